The molecule has 1 heterocycles. The fraction of sp³-hybridized carbons (Fsp3) is 0.409. The number of rotatable bonds is 7. The lowest BCUT2D eigenvalue weighted by Crippen LogP contribution is -2.43. The van der Waals surface area contributed by atoms with Crippen LogP contribution in [0.15, 0.2) is 41.3 Å². The van der Waals surface area contributed by atoms with Gasteiger partial charge in [-0.15, -0.1) is 0 Å². The maximum absolute atomic E-state index is 13.2. The van der Waals surface area contributed by atoms with Crippen LogP contribution in [0.4, 0.5) is 11.4 Å². The van der Waals surface area contributed by atoms with Gasteiger partial charge in [0.25, 0.3) is 15.9 Å². The first-order valence-corrected chi connectivity index (χ1v) is 11.8. The molecule has 3 rings (SSSR count). The number of piperazine rings is 1. The van der Waals surface area contributed by atoms with E-state index in [1.54, 1.807) is 31.2 Å². The molecule has 7 nitrogen and oxygen atoms in total. The molecule has 1 amide bonds. The van der Waals surface area contributed by atoms with Crippen molar-refractivity contribution in [1.82, 2.24) is 10.6 Å². The number of anilines is 2. The SMILES string of the molecule is CCCNC(=O)c1ccc(N2CCNCC2)c(NS(=O)(=O)c2ccc(C)cc2C)c1. The zero-order valence-electron chi connectivity index (χ0n) is 17.8. The van der Waals surface area contributed by atoms with Crippen LogP contribution in [0.25, 0.3) is 0 Å². The molecule has 0 spiro atoms. The predicted molar refractivity (Wildman–Crippen MR) is 121 cm³/mol. The highest BCUT2D eigenvalue weighted by Gasteiger charge is 2.22. The number of sulfonamides is 1. The van der Waals surface area contributed by atoms with E-state index < -0.39 is 10.0 Å². The number of hydrogen-bond acceptors (Lipinski definition) is 5. The van der Waals surface area contributed by atoms with Crippen molar-refractivity contribution >= 4 is 27.3 Å². The second-order valence-electron chi connectivity index (χ2n) is 7.60. The zero-order valence-corrected chi connectivity index (χ0v) is 18.6. The Kier molecular flexibility index (Phi) is 6.99. The molecule has 30 heavy (non-hydrogen) atoms. The second-order valence-corrected chi connectivity index (χ2v) is 9.25. The van der Waals surface area contributed by atoms with Crippen molar-refractivity contribution in [3.63, 3.8) is 0 Å². The van der Waals surface area contributed by atoms with Gasteiger partial charge in [-0.3, -0.25) is 9.52 Å². The largest absolute Gasteiger partial charge is 0.367 e. The van der Waals surface area contributed by atoms with Crippen molar-refractivity contribution in [1.29, 1.82) is 0 Å². The number of nitrogens with zero attached hydrogens (tertiary/aromatic N) is 1. The summed E-state index contributed by atoms with van der Waals surface area (Å²) in [5.41, 5.74) is 3.31. The van der Waals surface area contributed by atoms with Crippen molar-refractivity contribution in [2.75, 3.05) is 42.3 Å². The molecule has 0 atom stereocenters. The molecule has 0 radical (unpaired) electrons. The molecule has 162 valence electrons. The van der Waals surface area contributed by atoms with Gasteiger partial charge in [-0.2, -0.15) is 0 Å². The summed E-state index contributed by atoms with van der Waals surface area (Å²) < 4.78 is 29.1. The number of aryl methyl sites for hydroxylation is 2. The number of carbonyl (C=O) groups excluding carboxylic acids is 1. The molecule has 0 saturated carbocycles. The van der Waals surface area contributed by atoms with Gasteiger partial charge in [-0.1, -0.05) is 24.6 Å². The fourth-order valence-corrected chi connectivity index (χ4v) is 4.87. The van der Waals surface area contributed by atoms with Gasteiger partial charge in [-0.25, -0.2) is 8.42 Å². The van der Waals surface area contributed by atoms with E-state index in [0.717, 1.165) is 43.9 Å². The number of hydrogen-bond donors (Lipinski definition) is 3. The quantitative estimate of drug-likeness (QED) is 0.628. The highest BCUT2D eigenvalue weighted by Crippen LogP contribution is 2.30. The van der Waals surface area contributed by atoms with Crippen molar-refractivity contribution in [2.45, 2.75) is 32.1 Å². The van der Waals surface area contributed by atoms with Crippen LogP contribution in [0.2, 0.25) is 0 Å². The summed E-state index contributed by atoms with van der Waals surface area (Å²) in [7, 11) is -3.81. The van der Waals surface area contributed by atoms with Crippen LogP contribution < -0.4 is 20.3 Å². The van der Waals surface area contributed by atoms with Gasteiger partial charge in [0.15, 0.2) is 0 Å². The summed E-state index contributed by atoms with van der Waals surface area (Å²) in [6.07, 6.45) is 0.830. The van der Waals surface area contributed by atoms with Gasteiger partial charge in [0.2, 0.25) is 0 Å². The predicted octanol–water partition coefficient (Wildman–Crippen LogP) is 2.65. The smallest absolute Gasteiger partial charge is 0.262 e. The summed E-state index contributed by atoms with van der Waals surface area (Å²) in [5.74, 6) is -0.212. The molecule has 0 aliphatic carbocycles. The molecular formula is C22H30N4O3S. The Bertz CT molecular complexity index is 1020. The van der Waals surface area contributed by atoms with Crippen LogP contribution in [0.5, 0.6) is 0 Å². The molecule has 1 saturated heterocycles. The summed E-state index contributed by atoms with van der Waals surface area (Å²) in [4.78, 5) is 14.8. The minimum Gasteiger partial charge on any atom is -0.367 e. The van der Waals surface area contributed by atoms with Crippen molar-refractivity contribution in [3.05, 3.63) is 53.1 Å². The number of carbonyl (C=O) groups is 1. The van der Waals surface area contributed by atoms with E-state index in [2.05, 4.69) is 20.3 Å². The molecule has 0 unspecified atom stereocenters. The lowest BCUT2D eigenvalue weighted by atomic mass is 10.1. The van der Waals surface area contributed by atoms with Crippen LogP contribution in [0.3, 0.4) is 0 Å². The van der Waals surface area contributed by atoms with Crippen LogP contribution in [0, 0.1) is 13.8 Å². The average molecular weight is 431 g/mol. The van der Waals surface area contributed by atoms with Gasteiger partial charge in [0.05, 0.1) is 16.3 Å². The van der Waals surface area contributed by atoms with Crippen molar-refractivity contribution < 1.29 is 13.2 Å². The summed E-state index contributed by atoms with van der Waals surface area (Å²) in [5, 5.41) is 6.14. The van der Waals surface area contributed by atoms with Gasteiger partial charge in [0, 0.05) is 38.3 Å². The first kappa shape index (κ1) is 22.1. The first-order valence-electron chi connectivity index (χ1n) is 10.3. The normalized spacial score (nSPS) is 14.4. The average Bonchev–Trinajstić information content (AvgIpc) is 2.72. The highest BCUT2D eigenvalue weighted by molar-refractivity contribution is 7.92. The first-order chi connectivity index (χ1) is 14.3. The topological polar surface area (TPSA) is 90.5 Å². The molecule has 1 fully saturated rings. The Morgan fingerprint density at radius 2 is 1.83 bits per heavy atom. The lowest BCUT2D eigenvalue weighted by Gasteiger charge is -2.31. The van der Waals surface area contributed by atoms with E-state index in [9.17, 15) is 13.2 Å². The molecule has 3 N–H and O–H groups in total. The van der Waals surface area contributed by atoms with E-state index in [1.165, 1.54) is 0 Å². The monoisotopic (exact) mass is 430 g/mol. The maximum Gasteiger partial charge on any atom is 0.262 e. The van der Waals surface area contributed by atoms with Gasteiger partial charge in [-0.05, 0) is 50.1 Å². The van der Waals surface area contributed by atoms with Crippen molar-refractivity contribution in [2.24, 2.45) is 0 Å². The minimum atomic E-state index is -3.81. The number of benzene rings is 2. The van der Waals surface area contributed by atoms with Gasteiger partial charge >= 0.3 is 0 Å². The van der Waals surface area contributed by atoms with Crippen LogP contribution in [-0.4, -0.2) is 47.0 Å². The van der Waals surface area contributed by atoms with E-state index in [0.29, 0.717) is 23.4 Å². The Morgan fingerprint density at radius 3 is 2.50 bits per heavy atom. The maximum atomic E-state index is 13.2. The standard InChI is InChI=1S/C22H30N4O3S/c1-4-9-24-22(27)18-6-7-20(26-12-10-23-11-13-26)19(15-18)25-30(28,29)21-8-5-16(2)14-17(21)3/h5-8,14-15,23,25H,4,9-13H2,1-3H3,(H,24,27). The molecule has 0 aromatic heterocycles. The fourth-order valence-electron chi connectivity index (χ4n) is 3.58. The Morgan fingerprint density at radius 1 is 1.10 bits per heavy atom. The number of nitrogens with one attached hydrogen (secondary N) is 3. The molecular weight excluding hydrogens is 400 g/mol. The summed E-state index contributed by atoms with van der Waals surface area (Å²) in [6, 6.07) is 10.5. The Labute approximate surface area is 178 Å². The zero-order chi connectivity index (χ0) is 21.7. The minimum absolute atomic E-state index is 0.212. The third kappa shape index (κ3) is 5.12. The number of amides is 1. The summed E-state index contributed by atoms with van der Waals surface area (Å²) in [6.45, 7) is 9.44. The molecule has 1 aliphatic rings. The van der Waals surface area contributed by atoms with E-state index in [4.69, 9.17) is 0 Å². The van der Waals surface area contributed by atoms with Crippen LogP contribution >= 0.6 is 0 Å². The summed E-state index contributed by atoms with van der Waals surface area (Å²) >= 11 is 0. The molecule has 1 aliphatic heterocycles. The van der Waals surface area contributed by atoms with Crippen LogP contribution in [0.1, 0.15) is 34.8 Å². The molecule has 2 aromatic carbocycles. The second kappa shape index (κ2) is 9.49. The molecule has 2 aromatic rings. The molecule has 8 heteroatoms. The third-order valence-corrected chi connectivity index (χ3v) is 6.64. The van der Waals surface area contributed by atoms with E-state index >= 15 is 0 Å². The Balaban J connectivity index is 1.99. The van der Waals surface area contributed by atoms with E-state index in [1.807, 2.05) is 26.0 Å². The van der Waals surface area contributed by atoms with E-state index in [-0.39, 0.29) is 10.8 Å². The third-order valence-electron chi connectivity index (χ3n) is 5.12. The highest BCUT2D eigenvalue weighted by atomic mass is 32.2. The molecule has 0 bridgehead atoms. The van der Waals surface area contributed by atoms with Gasteiger partial charge < -0.3 is 15.5 Å². The Hall–Kier alpha value is -2.58. The lowest BCUT2D eigenvalue weighted by molar-refractivity contribution is 0.0953. The van der Waals surface area contributed by atoms with Gasteiger partial charge in [0.1, 0.15) is 0 Å². The van der Waals surface area contributed by atoms with Crippen LogP contribution in [-0.2, 0) is 10.0 Å². The van der Waals surface area contributed by atoms with Crippen molar-refractivity contribution in [3.8, 4) is 0 Å².